The van der Waals surface area contributed by atoms with Crippen molar-refractivity contribution in [3.63, 3.8) is 0 Å². The zero-order valence-corrected chi connectivity index (χ0v) is 15.2. The number of hydrogen-bond acceptors (Lipinski definition) is 5. The molecule has 0 saturated heterocycles. The molecule has 0 radical (unpaired) electrons. The predicted molar refractivity (Wildman–Crippen MR) is 97.4 cm³/mol. The van der Waals surface area contributed by atoms with Gasteiger partial charge in [0.15, 0.2) is 5.82 Å². The Bertz CT molecular complexity index is 654. The van der Waals surface area contributed by atoms with Gasteiger partial charge in [-0.05, 0) is 49.6 Å². The van der Waals surface area contributed by atoms with Crippen LogP contribution < -0.4 is 4.74 Å². The van der Waals surface area contributed by atoms with E-state index in [9.17, 15) is 4.79 Å². The molecule has 1 aromatic carbocycles. The summed E-state index contributed by atoms with van der Waals surface area (Å²) in [5.74, 6) is 0.599. The molecule has 5 heteroatoms. The number of ether oxygens (including phenoxy) is 2. The maximum atomic E-state index is 12.0. The van der Waals surface area contributed by atoms with Crippen molar-refractivity contribution in [1.29, 1.82) is 0 Å². The van der Waals surface area contributed by atoms with Gasteiger partial charge in [-0.25, -0.2) is 9.97 Å². The number of carbonyl (C=O) groups is 1. The number of aryl methyl sites for hydroxylation is 1. The van der Waals surface area contributed by atoms with Gasteiger partial charge in [0.2, 0.25) is 0 Å². The van der Waals surface area contributed by atoms with E-state index in [-0.39, 0.29) is 11.9 Å². The predicted octanol–water partition coefficient (Wildman–Crippen LogP) is 4.06. The van der Waals surface area contributed by atoms with Crippen molar-refractivity contribution in [2.75, 3.05) is 13.2 Å². The van der Waals surface area contributed by atoms with Crippen LogP contribution in [0.3, 0.4) is 0 Å². The fourth-order valence-corrected chi connectivity index (χ4v) is 2.28. The van der Waals surface area contributed by atoms with Crippen LogP contribution in [-0.2, 0) is 16.0 Å². The smallest absolute Gasteiger partial charge is 0.316 e. The highest BCUT2D eigenvalue weighted by molar-refractivity contribution is 5.75. The third-order valence-corrected chi connectivity index (χ3v) is 3.69. The lowest BCUT2D eigenvalue weighted by molar-refractivity contribution is -0.140. The molecule has 1 heterocycles. The van der Waals surface area contributed by atoms with Crippen LogP contribution in [0.4, 0.5) is 0 Å². The minimum absolute atomic E-state index is 0.288. The van der Waals surface area contributed by atoms with Crippen molar-refractivity contribution in [3.8, 4) is 17.1 Å². The standard InChI is InChI=1S/C20H26N2O3/c1-4-6-16-12-21-19(22-13-16)17-7-9-18(10-8-17)25-20(23)15(3)14-24-11-5-2/h7-10,12-13,15H,4-6,11,14H2,1-3H3. The first-order valence-electron chi connectivity index (χ1n) is 8.84. The summed E-state index contributed by atoms with van der Waals surface area (Å²) in [5, 5.41) is 0. The molecule has 0 aliphatic heterocycles. The van der Waals surface area contributed by atoms with Gasteiger partial charge in [-0.1, -0.05) is 20.3 Å². The van der Waals surface area contributed by atoms with Crippen molar-refractivity contribution in [2.45, 2.75) is 40.0 Å². The molecular formula is C20H26N2O3. The van der Waals surface area contributed by atoms with Crippen molar-refractivity contribution < 1.29 is 14.3 Å². The molecule has 0 aliphatic rings. The molecule has 1 unspecified atom stereocenters. The molecular weight excluding hydrogens is 316 g/mol. The molecule has 25 heavy (non-hydrogen) atoms. The third kappa shape index (κ3) is 5.94. The van der Waals surface area contributed by atoms with E-state index >= 15 is 0 Å². The van der Waals surface area contributed by atoms with E-state index in [0.29, 0.717) is 24.8 Å². The summed E-state index contributed by atoms with van der Waals surface area (Å²) in [6, 6.07) is 7.23. The Morgan fingerprint density at radius 1 is 1.08 bits per heavy atom. The van der Waals surface area contributed by atoms with Crippen LogP contribution in [0.15, 0.2) is 36.7 Å². The average molecular weight is 342 g/mol. The first kappa shape index (κ1) is 19.1. The summed E-state index contributed by atoms with van der Waals surface area (Å²) in [6.45, 7) is 7.00. The number of hydrogen-bond donors (Lipinski definition) is 0. The number of benzene rings is 1. The van der Waals surface area contributed by atoms with E-state index in [1.807, 2.05) is 31.5 Å². The number of rotatable bonds is 9. The van der Waals surface area contributed by atoms with Crippen LogP contribution in [0.1, 0.15) is 39.2 Å². The third-order valence-electron chi connectivity index (χ3n) is 3.69. The molecule has 134 valence electrons. The number of nitrogens with zero attached hydrogens (tertiary/aromatic N) is 2. The van der Waals surface area contributed by atoms with Gasteiger partial charge in [0.25, 0.3) is 0 Å². The summed E-state index contributed by atoms with van der Waals surface area (Å²) >= 11 is 0. The Morgan fingerprint density at radius 3 is 2.36 bits per heavy atom. The molecule has 5 nitrogen and oxygen atoms in total. The Hall–Kier alpha value is -2.27. The first-order valence-corrected chi connectivity index (χ1v) is 8.84. The molecule has 2 aromatic rings. The molecule has 0 spiro atoms. The zero-order valence-electron chi connectivity index (χ0n) is 15.2. The zero-order chi connectivity index (χ0) is 18.1. The van der Waals surface area contributed by atoms with Gasteiger partial charge in [0.1, 0.15) is 5.75 Å². The summed E-state index contributed by atoms with van der Waals surface area (Å²) < 4.78 is 10.8. The normalized spacial score (nSPS) is 12.0. The van der Waals surface area contributed by atoms with E-state index in [4.69, 9.17) is 9.47 Å². The first-order chi connectivity index (χ1) is 12.1. The quantitative estimate of drug-likeness (QED) is 0.391. The SMILES string of the molecule is CCCOCC(C)C(=O)Oc1ccc(-c2ncc(CCC)cn2)cc1. The summed E-state index contributed by atoms with van der Waals surface area (Å²) in [4.78, 5) is 20.8. The van der Waals surface area contributed by atoms with Crippen molar-refractivity contribution in [1.82, 2.24) is 9.97 Å². The molecule has 1 atom stereocenters. The van der Waals surface area contributed by atoms with Gasteiger partial charge >= 0.3 is 5.97 Å². The van der Waals surface area contributed by atoms with E-state index in [1.54, 1.807) is 19.1 Å². The minimum atomic E-state index is -0.291. The maximum Gasteiger partial charge on any atom is 0.316 e. The number of aromatic nitrogens is 2. The van der Waals surface area contributed by atoms with E-state index in [1.165, 1.54) is 0 Å². The fourth-order valence-electron chi connectivity index (χ4n) is 2.28. The van der Waals surface area contributed by atoms with Gasteiger partial charge in [0, 0.05) is 24.6 Å². The van der Waals surface area contributed by atoms with Gasteiger partial charge in [0.05, 0.1) is 12.5 Å². The lowest BCUT2D eigenvalue weighted by atomic mass is 10.1. The van der Waals surface area contributed by atoms with Gasteiger partial charge < -0.3 is 9.47 Å². The van der Waals surface area contributed by atoms with Crippen LogP contribution in [0.25, 0.3) is 11.4 Å². The van der Waals surface area contributed by atoms with Gasteiger partial charge in [-0.15, -0.1) is 0 Å². The molecule has 0 amide bonds. The summed E-state index contributed by atoms with van der Waals surface area (Å²) in [6.07, 6.45) is 6.71. The molecule has 0 bridgehead atoms. The van der Waals surface area contributed by atoms with Crippen LogP contribution in [0.2, 0.25) is 0 Å². The highest BCUT2D eigenvalue weighted by Crippen LogP contribution is 2.20. The molecule has 0 aliphatic carbocycles. The highest BCUT2D eigenvalue weighted by atomic mass is 16.5. The van der Waals surface area contributed by atoms with E-state index < -0.39 is 0 Å². The van der Waals surface area contributed by atoms with Gasteiger partial charge in [-0.3, -0.25) is 4.79 Å². The topological polar surface area (TPSA) is 61.3 Å². The molecule has 2 rings (SSSR count). The largest absolute Gasteiger partial charge is 0.426 e. The highest BCUT2D eigenvalue weighted by Gasteiger charge is 2.15. The minimum Gasteiger partial charge on any atom is -0.426 e. The van der Waals surface area contributed by atoms with E-state index in [2.05, 4.69) is 16.9 Å². The lowest BCUT2D eigenvalue weighted by Crippen LogP contribution is -2.22. The molecule has 0 saturated carbocycles. The Kier molecular flexibility index (Phi) is 7.54. The monoisotopic (exact) mass is 342 g/mol. The van der Waals surface area contributed by atoms with Crippen LogP contribution in [0, 0.1) is 5.92 Å². The Morgan fingerprint density at radius 2 is 1.76 bits per heavy atom. The lowest BCUT2D eigenvalue weighted by Gasteiger charge is -2.11. The number of esters is 1. The Balaban J connectivity index is 1.93. The second kappa shape index (κ2) is 9.89. The van der Waals surface area contributed by atoms with Crippen LogP contribution in [0.5, 0.6) is 5.75 Å². The second-order valence-corrected chi connectivity index (χ2v) is 6.09. The van der Waals surface area contributed by atoms with E-state index in [0.717, 1.165) is 30.4 Å². The van der Waals surface area contributed by atoms with Crippen molar-refractivity contribution in [3.05, 3.63) is 42.2 Å². The average Bonchev–Trinajstić information content (AvgIpc) is 2.63. The Labute approximate surface area is 149 Å². The number of carbonyl (C=O) groups excluding carboxylic acids is 1. The van der Waals surface area contributed by atoms with Crippen LogP contribution in [-0.4, -0.2) is 29.2 Å². The van der Waals surface area contributed by atoms with Crippen molar-refractivity contribution >= 4 is 5.97 Å². The molecule has 0 fully saturated rings. The summed E-state index contributed by atoms with van der Waals surface area (Å²) in [5.41, 5.74) is 2.03. The second-order valence-electron chi connectivity index (χ2n) is 6.09. The molecule has 1 aromatic heterocycles. The van der Waals surface area contributed by atoms with Crippen molar-refractivity contribution in [2.24, 2.45) is 5.92 Å². The fraction of sp³-hybridized carbons (Fsp3) is 0.450. The summed E-state index contributed by atoms with van der Waals surface area (Å²) in [7, 11) is 0. The molecule has 0 N–H and O–H groups in total. The maximum absolute atomic E-state index is 12.0. The van der Waals surface area contributed by atoms with Crippen LogP contribution >= 0.6 is 0 Å². The van der Waals surface area contributed by atoms with Gasteiger partial charge in [-0.2, -0.15) is 0 Å².